The zero-order valence-electron chi connectivity index (χ0n) is 11.7. The fourth-order valence-corrected chi connectivity index (χ4v) is 3.43. The molecule has 1 fully saturated rings. The molecular weight excluding hydrogens is 246 g/mol. The monoisotopic (exact) mass is 269 g/mol. The molecule has 0 spiro atoms. The van der Waals surface area contributed by atoms with Crippen LogP contribution in [0.25, 0.3) is 0 Å². The molecule has 102 valence electrons. The summed E-state index contributed by atoms with van der Waals surface area (Å²) in [5.41, 5.74) is 1.17. The Labute approximate surface area is 115 Å². The van der Waals surface area contributed by atoms with Gasteiger partial charge >= 0.3 is 0 Å². The Morgan fingerprint density at radius 2 is 2.22 bits per heavy atom. The van der Waals surface area contributed by atoms with Crippen LogP contribution in [-0.2, 0) is 12.1 Å². The maximum absolute atomic E-state index is 6.42. The van der Waals surface area contributed by atoms with Crippen molar-refractivity contribution in [3.05, 3.63) is 16.9 Å². The summed E-state index contributed by atoms with van der Waals surface area (Å²) < 4.78 is 2.06. The molecule has 1 saturated heterocycles. The molecule has 0 saturated carbocycles. The van der Waals surface area contributed by atoms with Crippen LogP contribution in [0.4, 0.5) is 0 Å². The molecule has 1 unspecified atom stereocenters. The van der Waals surface area contributed by atoms with Crippen LogP contribution in [-0.4, -0.2) is 16.3 Å². The molecular formula is C14H24ClN3. The molecule has 0 amide bonds. The zero-order chi connectivity index (χ0) is 13.2. The van der Waals surface area contributed by atoms with Crippen molar-refractivity contribution in [3.8, 4) is 0 Å². The van der Waals surface area contributed by atoms with Gasteiger partial charge < -0.3 is 5.32 Å². The van der Waals surface area contributed by atoms with Gasteiger partial charge in [-0.15, -0.1) is 0 Å². The van der Waals surface area contributed by atoms with Crippen molar-refractivity contribution in [2.75, 3.05) is 6.54 Å². The molecule has 0 aliphatic carbocycles. The van der Waals surface area contributed by atoms with E-state index in [0.717, 1.165) is 24.5 Å². The van der Waals surface area contributed by atoms with Crippen molar-refractivity contribution < 1.29 is 0 Å². The molecule has 0 aromatic carbocycles. The van der Waals surface area contributed by atoms with Gasteiger partial charge in [0.05, 0.1) is 22.5 Å². The summed E-state index contributed by atoms with van der Waals surface area (Å²) in [6.45, 7) is 8.63. The number of aryl methyl sites for hydroxylation is 1. The number of hydrogen-bond donors (Lipinski definition) is 1. The lowest BCUT2D eigenvalue weighted by Crippen LogP contribution is -2.48. The summed E-state index contributed by atoms with van der Waals surface area (Å²) in [7, 11) is 0. The van der Waals surface area contributed by atoms with Gasteiger partial charge in [-0.25, -0.2) is 0 Å². The highest BCUT2D eigenvalue weighted by molar-refractivity contribution is 6.31. The Kier molecular flexibility index (Phi) is 4.33. The molecule has 1 aliphatic heterocycles. The van der Waals surface area contributed by atoms with E-state index < -0.39 is 0 Å². The van der Waals surface area contributed by atoms with Crippen LogP contribution in [0.3, 0.4) is 0 Å². The molecule has 1 aliphatic rings. The second-order valence-electron chi connectivity index (χ2n) is 5.52. The van der Waals surface area contributed by atoms with Crippen LogP contribution in [0.1, 0.15) is 52.1 Å². The molecule has 1 atom stereocenters. The van der Waals surface area contributed by atoms with Crippen molar-refractivity contribution >= 4 is 11.6 Å². The topological polar surface area (TPSA) is 29.9 Å². The van der Waals surface area contributed by atoms with Gasteiger partial charge in [0, 0.05) is 6.54 Å². The van der Waals surface area contributed by atoms with Crippen LogP contribution in [0.5, 0.6) is 0 Å². The minimum atomic E-state index is -0.0138. The third kappa shape index (κ3) is 2.30. The highest BCUT2D eigenvalue weighted by Gasteiger charge is 2.40. The van der Waals surface area contributed by atoms with E-state index in [1.807, 2.05) is 0 Å². The molecule has 0 radical (unpaired) electrons. The van der Waals surface area contributed by atoms with Gasteiger partial charge in [0.2, 0.25) is 0 Å². The maximum atomic E-state index is 6.42. The Bertz CT molecular complexity index is 390. The van der Waals surface area contributed by atoms with Crippen LogP contribution < -0.4 is 5.32 Å². The quantitative estimate of drug-likeness (QED) is 0.909. The zero-order valence-corrected chi connectivity index (χ0v) is 12.4. The standard InChI is InChI=1S/C14H24ClN3/c1-4-18-13(12(15)10-17-18)14(11(2)3)8-6-5-7-9-16-14/h10-11,16H,4-9H2,1-3H3. The number of halogens is 1. The van der Waals surface area contributed by atoms with Gasteiger partial charge in [0.15, 0.2) is 0 Å². The van der Waals surface area contributed by atoms with E-state index in [2.05, 4.69) is 35.9 Å². The first-order chi connectivity index (χ1) is 8.62. The first-order valence-electron chi connectivity index (χ1n) is 7.08. The van der Waals surface area contributed by atoms with E-state index in [1.165, 1.54) is 25.0 Å². The minimum absolute atomic E-state index is 0.0138. The second-order valence-corrected chi connectivity index (χ2v) is 5.93. The van der Waals surface area contributed by atoms with E-state index >= 15 is 0 Å². The van der Waals surface area contributed by atoms with Gasteiger partial charge in [-0.2, -0.15) is 5.10 Å². The van der Waals surface area contributed by atoms with E-state index in [4.69, 9.17) is 11.6 Å². The van der Waals surface area contributed by atoms with E-state index in [-0.39, 0.29) is 5.54 Å². The number of aromatic nitrogens is 2. The molecule has 3 nitrogen and oxygen atoms in total. The number of rotatable bonds is 3. The lowest BCUT2D eigenvalue weighted by Gasteiger charge is -2.38. The Balaban J connectivity index is 2.48. The predicted molar refractivity (Wildman–Crippen MR) is 75.9 cm³/mol. The first kappa shape index (κ1) is 13.9. The fraction of sp³-hybridized carbons (Fsp3) is 0.786. The van der Waals surface area contributed by atoms with Gasteiger partial charge in [0.1, 0.15) is 0 Å². The largest absolute Gasteiger partial charge is 0.306 e. The van der Waals surface area contributed by atoms with E-state index in [0.29, 0.717) is 5.92 Å². The van der Waals surface area contributed by atoms with Crippen LogP contribution in [0, 0.1) is 5.92 Å². The van der Waals surface area contributed by atoms with Crippen LogP contribution >= 0.6 is 11.6 Å². The van der Waals surface area contributed by atoms with Crippen LogP contribution in [0.2, 0.25) is 5.02 Å². The molecule has 0 bridgehead atoms. The third-order valence-electron chi connectivity index (χ3n) is 4.19. The highest BCUT2D eigenvalue weighted by Crippen LogP contribution is 2.39. The lowest BCUT2D eigenvalue weighted by molar-refractivity contribution is 0.213. The SMILES string of the molecule is CCn1ncc(Cl)c1C1(C(C)C)CCCCCN1. The number of nitrogens with one attached hydrogen (secondary N) is 1. The molecule has 2 heterocycles. The molecule has 4 heteroatoms. The fourth-order valence-electron chi connectivity index (χ4n) is 3.12. The van der Waals surface area contributed by atoms with Crippen molar-refractivity contribution in [1.29, 1.82) is 0 Å². The summed E-state index contributed by atoms with van der Waals surface area (Å²) in [6.07, 6.45) is 6.76. The van der Waals surface area contributed by atoms with Gasteiger partial charge in [-0.3, -0.25) is 4.68 Å². The minimum Gasteiger partial charge on any atom is -0.306 e. The smallest absolute Gasteiger partial charge is 0.0837 e. The van der Waals surface area contributed by atoms with Gasteiger partial charge in [0.25, 0.3) is 0 Å². The number of nitrogens with zero attached hydrogens (tertiary/aromatic N) is 2. The molecule has 2 rings (SSSR count). The van der Waals surface area contributed by atoms with Gasteiger partial charge in [-0.1, -0.05) is 38.3 Å². The van der Waals surface area contributed by atoms with E-state index in [9.17, 15) is 0 Å². The molecule has 1 aromatic heterocycles. The van der Waals surface area contributed by atoms with Crippen molar-refractivity contribution in [2.24, 2.45) is 5.92 Å². The van der Waals surface area contributed by atoms with Crippen LogP contribution in [0.15, 0.2) is 6.20 Å². The third-order valence-corrected chi connectivity index (χ3v) is 4.47. The summed E-state index contributed by atoms with van der Waals surface area (Å²) in [6, 6.07) is 0. The Hall–Kier alpha value is -0.540. The Morgan fingerprint density at radius 3 is 2.89 bits per heavy atom. The summed E-state index contributed by atoms with van der Waals surface area (Å²) >= 11 is 6.42. The summed E-state index contributed by atoms with van der Waals surface area (Å²) in [5.74, 6) is 0.509. The second kappa shape index (κ2) is 5.62. The number of hydrogen-bond acceptors (Lipinski definition) is 2. The lowest BCUT2D eigenvalue weighted by atomic mass is 9.79. The molecule has 1 N–H and O–H groups in total. The average Bonchev–Trinajstić information content (AvgIpc) is 2.59. The van der Waals surface area contributed by atoms with Crippen molar-refractivity contribution in [3.63, 3.8) is 0 Å². The molecule has 1 aromatic rings. The van der Waals surface area contributed by atoms with Crippen molar-refractivity contribution in [2.45, 2.75) is 58.5 Å². The highest BCUT2D eigenvalue weighted by atomic mass is 35.5. The van der Waals surface area contributed by atoms with Crippen molar-refractivity contribution in [1.82, 2.24) is 15.1 Å². The maximum Gasteiger partial charge on any atom is 0.0837 e. The average molecular weight is 270 g/mol. The van der Waals surface area contributed by atoms with Gasteiger partial charge in [-0.05, 0) is 32.2 Å². The predicted octanol–water partition coefficient (Wildman–Crippen LogP) is 3.57. The first-order valence-corrected chi connectivity index (χ1v) is 7.46. The summed E-state index contributed by atoms with van der Waals surface area (Å²) in [4.78, 5) is 0. The van der Waals surface area contributed by atoms with E-state index in [1.54, 1.807) is 6.20 Å². The Morgan fingerprint density at radius 1 is 1.44 bits per heavy atom. The normalized spacial score (nSPS) is 25.4. The summed E-state index contributed by atoms with van der Waals surface area (Å²) in [5, 5.41) is 8.98. The molecule has 18 heavy (non-hydrogen) atoms.